The molecule has 1 aliphatic heterocycles. The van der Waals surface area contributed by atoms with Gasteiger partial charge in [-0.1, -0.05) is 6.07 Å². The van der Waals surface area contributed by atoms with Crippen molar-refractivity contribution in [2.75, 3.05) is 42.9 Å². The number of amides is 1. The van der Waals surface area contributed by atoms with E-state index in [4.69, 9.17) is 0 Å². The molecule has 26 heavy (non-hydrogen) atoms. The van der Waals surface area contributed by atoms with E-state index in [1.165, 1.54) is 12.1 Å². The number of nitrogens with zero attached hydrogens (tertiary/aromatic N) is 3. The molecule has 0 spiro atoms. The number of nitrogens with one attached hydrogen (secondary N) is 1. The fourth-order valence-electron chi connectivity index (χ4n) is 2.79. The van der Waals surface area contributed by atoms with Gasteiger partial charge in [-0.3, -0.25) is 4.79 Å². The number of halogens is 3. The molecule has 0 atom stereocenters. The summed E-state index contributed by atoms with van der Waals surface area (Å²) in [5.74, 6) is 0.813. The number of piperazine rings is 1. The first kappa shape index (κ1) is 18.0. The van der Waals surface area contributed by atoms with Crippen LogP contribution in [0.1, 0.15) is 5.56 Å². The molecule has 1 aromatic heterocycles. The number of hydrogen-bond acceptors (Lipinski definition) is 4. The maximum Gasteiger partial charge on any atom is 0.416 e. The maximum atomic E-state index is 12.5. The Morgan fingerprint density at radius 2 is 1.73 bits per heavy atom. The third-order valence-electron chi connectivity index (χ3n) is 4.26. The van der Waals surface area contributed by atoms with Crippen LogP contribution in [0, 0.1) is 0 Å². The van der Waals surface area contributed by atoms with Gasteiger partial charge in [-0.2, -0.15) is 13.2 Å². The summed E-state index contributed by atoms with van der Waals surface area (Å²) in [6, 6.07) is 10.4. The van der Waals surface area contributed by atoms with Gasteiger partial charge in [0.15, 0.2) is 0 Å². The second kappa shape index (κ2) is 7.63. The molecule has 0 aliphatic carbocycles. The minimum atomic E-state index is -4.36. The van der Waals surface area contributed by atoms with Crippen LogP contribution in [0.3, 0.4) is 0 Å². The number of rotatable bonds is 4. The lowest BCUT2D eigenvalue weighted by Gasteiger charge is -2.35. The predicted molar refractivity (Wildman–Crippen MR) is 93.0 cm³/mol. The lowest BCUT2D eigenvalue weighted by atomic mass is 10.2. The molecule has 5 nitrogen and oxygen atoms in total. The van der Waals surface area contributed by atoms with E-state index < -0.39 is 11.7 Å². The Morgan fingerprint density at radius 3 is 2.31 bits per heavy atom. The second-order valence-corrected chi connectivity index (χ2v) is 5.98. The van der Waals surface area contributed by atoms with E-state index in [1.54, 1.807) is 11.1 Å². The van der Waals surface area contributed by atoms with Gasteiger partial charge in [-0.25, -0.2) is 4.98 Å². The second-order valence-electron chi connectivity index (χ2n) is 5.98. The standard InChI is InChI=1S/C18H19F3N4O/c19-18(20,21)14-4-6-15(7-5-14)23-13-17(26)25-11-9-24(10-12-25)16-3-1-2-8-22-16/h1-8,23H,9-13H2. The number of pyridine rings is 1. The normalized spacial score (nSPS) is 15.0. The molecule has 1 fully saturated rings. The number of aromatic nitrogens is 1. The molecule has 2 aromatic rings. The maximum absolute atomic E-state index is 12.5. The van der Waals surface area contributed by atoms with Crippen LogP contribution in [0.4, 0.5) is 24.7 Å². The van der Waals surface area contributed by atoms with E-state index in [0.29, 0.717) is 31.9 Å². The van der Waals surface area contributed by atoms with Crippen molar-refractivity contribution in [2.24, 2.45) is 0 Å². The molecule has 1 saturated heterocycles. The van der Waals surface area contributed by atoms with Gasteiger partial charge in [-0.15, -0.1) is 0 Å². The van der Waals surface area contributed by atoms with Crippen LogP contribution in [0.5, 0.6) is 0 Å². The van der Waals surface area contributed by atoms with Crippen LogP contribution in [0.2, 0.25) is 0 Å². The molecule has 1 amide bonds. The van der Waals surface area contributed by atoms with Crippen molar-refractivity contribution in [2.45, 2.75) is 6.18 Å². The highest BCUT2D eigenvalue weighted by molar-refractivity contribution is 5.81. The molecule has 0 saturated carbocycles. The minimum absolute atomic E-state index is 0.0505. The lowest BCUT2D eigenvalue weighted by Crippen LogP contribution is -2.50. The summed E-state index contributed by atoms with van der Waals surface area (Å²) in [5.41, 5.74) is -0.224. The lowest BCUT2D eigenvalue weighted by molar-refractivity contribution is -0.137. The third-order valence-corrected chi connectivity index (χ3v) is 4.26. The number of carbonyl (C=O) groups excluding carboxylic acids is 1. The molecule has 0 bridgehead atoms. The molecule has 8 heteroatoms. The van der Waals surface area contributed by atoms with Gasteiger partial charge in [0.2, 0.25) is 5.91 Å². The number of carbonyl (C=O) groups is 1. The van der Waals surface area contributed by atoms with E-state index in [0.717, 1.165) is 18.0 Å². The molecule has 0 radical (unpaired) electrons. The summed E-state index contributed by atoms with van der Waals surface area (Å²) >= 11 is 0. The molecule has 1 aromatic carbocycles. The number of hydrogen-bond donors (Lipinski definition) is 1. The Balaban J connectivity index is 1.47. The van der Waals surface area contributed by atoms with Crippen molar-refractivity contribution in [3.05, 3.63) is 54.2 Å². The number of benzene rings is 1. The monoisotopic (exact) mass is 364 g/mol. The van der Waals surface area contributed by atoms with Crippen LogP contribution in [-0.4, -0.2) is 48.5 Å². The molecule has 0 unspecified atom stereocenters. The topological polar surface area (TPSA) is 48.5 Å². The van der Waals surface area contributed by atoms with E-state index in [2.05, 4.69) is 15.2 Å². The molecule has 138 valence electrons. The van der Waals surface area contributed by atoms with Crippen LogP contribution < -0.4 is 10.2 Å². The average Bonchev–Trinajstić information content (AvgIpc) is 2.66. The van der Waals surface area contributed by atoms with Gasteiger partial charge < -0.3 is 15.1 Å². The molecule has 3 rings (SSSR count). The summed E-state index contributed by atoms with van der Waals surface area (Å²) in [6.07, 6.45) is -2.62. The summed E-state index contributed by atoms with van der Waals surface area (Å²) < 4.78 is 37.6. The number of alkyl halides is 3. The van der Waals surface area contributed by atoms with Crippen molar-refractivity contribution < 1.29 is 18.0 Å². The smallest absolute Gasteiger partial charge is 0.376 e. The van der Waals surface area contributed by atoms with Gasteiger partial charge >= 0.3 is 6.18 Å². The predicted octanol–water partition coefficient (Wildman–Crippen LogP) is 2.86. The van der Waals surface area contributed by atoms with Crippen LogP contribution in [-0.2, 0) is 11.0 Å². The van der Waals surface area contributed by atoms with E-state index in [1.807, 2.05) is 18.2 Å². The van der Waals surface area contributed by atoms with Gasteiger partial charge in [0.25, 0.3) is 0 Å². The summed E-state index contributed by atoms with van der Waals surface area (Å²) in [6.45, 7) is 2.62. The molecule has 1 aliphatic rings. The zero-order valence-corrected chi connectivity index (χ0v) is 14.0. The van der Waals surface area contributed by atoms with Crippen LogP contribution in [0.25, 0.3) is 0 Å². The van der Waals surface area contributed by atoms with Gasteiger partial charge in [0.05, 0.1) is 12.1 Å². The summed E-state index contributed by atoms with van der Waals surface area (Å²) in [5, 5.41) is 2.88. The highest BCUT2D eigenvalue weighted by Crippen LogP contribution is 2.29. The highest BCUT2D eigenvalue weighted by atomic mass is 19.4. The summed E-state index contributed by atoms with van der Waals surface area (Å²) in [7, 11) is 0. The SMILES string of the molecule is O=C(CNc1ccc(C(F)(F)F)cc1)N1CCN(c2ccccn2)CC1. The molecular weight excluding hydrogens is 345 g/mol. The zero-order chi connectivity index (χ0) is 18.6. The largest absolute Gasteiger partial charge is 0.416 e. The fraction of sp³-hybridized carbons (Fsp3) is 0.333. The Morgan fingerprint density at radius 1 is 1.04 bits per heavy atom. The van der Waals surface area contributed by atoms with E-state index in [9.17, 15) is 18.0 Å². The molecular formula is C18H19F3N4O. The highest BCUT2D eigenvalue weighted by Gasteiger charge is 2.30. The van der Waals surface area contributed by atoms with Crippen LogP contribution >= 0.6 is 0 Å². The molecule has 1 N–H and O–H groups in total. The van der Waals surface area contributed by atoms with Gasteiger partial charge in [0, 0.05) is 38.1 Å². The number of anilines is 2. The Hall–Kier alpha value is -2.77. The first-order valence-electron chi connectivity index (χ1n) is 8.28. The first-order chi connectivity index (χ1) is 12.4. The van der Waals surface area contributed by atoms with Crippen LogP contribution in [0.15, 0.2) is 48.7 Å². The van der Waals surface area contributed by atoms with Crippen molar-refractivity contribution in [1.82, 2.24) is 9.88 Å². The minimum Gasteiger partial charge on any atom is -0.376 e. The fourth-order valence-corrected chi connectivity index (χ4v) is 2.79. The van der Waals surface area contributed by atoms with Crippen molar-refractivity contribution in [1.29, 1.82) is 0 Å². The molecule has 2 heterocycles. The Kier molecular flexibility index (Phi) is 5.29. The van der Waals surface area contributed by atoms with Gasteiger partial charge in [0.1, 0.15) is 5.82 Å². The van der Waals surface area contributed by atoms with Gasteiger partial charge in [-0.05, 0) is 36.4 Å². The van der Waals surface area contributed by atoms with Crippen molar-refractivity contribution in [3.8, 4) is 0 Å². The van der Waals surface area contributed by atoms with E-state index in [-0.39, 0.29) is 12.5 Å². The van der Waals surface area contributed by atoms with Crippen molar-refractivity contribution in [3.63, 3.8) is 0 Å². The van der Waals surface area contributed by atoms with E-state index >= 15 is 0 Å². The first-order valence-corrected chi connectivity index (χ1v) is 8.28. The van der Waals surface area contributed by atoms with Crippen molar-refractivity contribution >= 4 is 17.4 Å². The Labute approximate surface area is 149 Å². The zero-order valence-electron chi connectivity index (χ0n) is 14.0. The Bertz CT molecular complexity index is 726. The average molecular weight is 364 g/mol. The third kappa shape index (κ3) is 4.44. The quantitative estimate of drug-likeness (QED) is 0.906. The summed E-state index contributed by atoms with van der Waals surface area (Å²) in [4.78, 5) is 20.5.